The third-order valence-corrected chi connectivity index (χ3v) is 7.17. The highest BCUT2D eigenvalue weighted by molar-refractivity contribution is 7.99. The molecule has 0 aromatic heterocycles. The summed E-state index contributed by atoms with van der Waals surface area (Å²) in [6.45, 7) is 2.45. The Balaban J connectivity index is 1.84. The lowest BCUT2D eigenvalue weighted by atomic mass is 10.0. The summed E-state index contributed by atoms with van der Waals surface area (Å²) < 4.78 is 14.6. The molecule has 3 aromatic carbocycles. The van der Waals surface area contributed by atoms with Crippen LogP contribution in [-0.2, 0) is 28.3 Å². The molecular weight excluding hydrogens is 518 g/mol. The second kappa shape index (κ2) is 14.3. The zero-order valence-corrected chi connectivity index (χ0v) is 22.4. The minimum Gasteiger partial charge on any atom is -0.354 e. The largest absolute Gasteiger partial charge is 0.354 e. The molecule has 0 bridgehead atoms. The van der Waals surface area contributed by atoms with Crippen LogP contribution in [0.2, 0.25) is 10.0 Å². The number of amides is 2. The molecule has 0 aliphatic heterocycles. The van der Waals surface area contributed by atoms with Gasteiger partial charge in [0, 0.05) is 40.9 Å². The summed E-state index contributed by atoms with van der Waals surface area (Å²) in [6.07, 6.45) is 1.09. The van der Waals surface area contributed by atoms with Gasteiger partial charge in [0.1, 0.15) is 11.9 Å². The van der Waals surface area contributed by atoms with E-state index in [9.17, 15) is 14.0 Å². The number of benzene rings is 3. The van der Waals surface area contributed by atoms with Crippen molar-refractivity contribution in [2.75, 3.05) is 12.3 Å². The fourth-order valence-corrected chi connectivity index (χ4v) is 5.17. The zero-order valence-electron chi connectivity index (χ0n) is 20.1. The monoisotopic (exact) mass is 546 g/mol. The molecule has 0 aliphatic carbocycles. The van der Waals surface area contributed by atoms with Crippen molar-refractivity contribution < 1.29 is 14.0 Å². The van der Waals surface area contributed by atoms with E-state index in [4.69, 9.17) is 23.2 Å². The number of carbonyl (C=O) groups excluding carboxylic acids is 2. The molecule has 2 amide bonds. The molecule has 0 saturated heterocycles. The molecule has 1 atom stereocenters. The molecule has 0 fully saturated rings. The van der Waals surface area contributed by atoms with Gasteiger partial charge in [0.2, 0.25) is 11.8 Å². The summed E-state index contributed by atoms with van der Waals surface area (Å²) in [5.74, 6) is -0.305. The van der Waals surface area contributed by atoms with E-state index < -0.39 is 11.9 Å². The lowest BCUT2D eigenvalue weighted by Gasteiger charge is -2.31. The number of halogens is 3. The predicted molar refractivity (Wildman–Crippen MR) is 147 cm³/mol. The van der Waals surface area contributed by atoms with Crippen LogP contribution in [0.15, 0.2) is 72.8 Å². The number of rotatable bonds is 12. The van der Waals surface area contributed by atoms with E-state index >= 15 is 0 Å². The number of nitrogens with zero attached hydrogens (tertiary/aromatic N) is 1. The maximum Gasteiger partial charge on any atom is 0.243 e. The molecule has 3 rings (SSSR count). The van der Waals surface area contributed by atoms with Crippen molar-refractivity contribution in [3.63, 3.8) is 0 Å². The van der Waals surface area contributed by atoms with E-state index in [2.05, 4.69) is 5.32 Å². The number of carbonyl (C=O) groups is 2. The van der Waals surface area contributed by atoms with Crippen LogP contribution >= 0.6 is 35.0 Å². The minimum absolute atomic E-state index is 0.00911. The van der Waals surface area contributed by atoms with Gasteiger partial charge in [-0.15, -0.1) is 11.8 Å². The van der Waals surface area contributed by atoms with Crippen molar-refractivity contribution in [3.05, 3.63) is 105 Å². The second-order valence-corrected chi connectivity index (χ2v) is 10.2. The zero-order chi connectivity index (χ0) is 25.9. The van der Waals surface area contributed by atoms with Crippen LogP contribution in [0.1, 0.15) is 30.0 Å². The van der Waals surface area contributed by atoms with Gasteiger partial charge in [0.25, 0.3) is 0 Å². The van der Waals surface area contributed by atoms with Crippen LogP contribution in [0.25, 0.3) is 0 Å². The molecule has 0 saturated carbocycles. The fraction of sp³-hybridized carbons (Fsp3) is 0.286. The highest BCUT2D eigenvalue weighted by Gasteiger charge is 2.30. The van der Waals surface area contributed by atoms with E-state index in [0.717, 1.165) is 17.5 Å². The first-order valence-corrected chi connectivity index (χ1v) is 13.7. The van der Waals surface area contributed by atoms with Crippen LogP contribution in [-0.4, -0.2) is 35.1 Å². The van der Waals surface area contributed by atoms with Gasteiger partial charge >= 0.3 is 0 Å². The van der Waals surface area contributed by atoms with Crippen molar-refractivity contribution in [3.8, 4) is 0 Å². The first-order valence-electron chi connectivity index (χ1n) is 11.7. The fourth-order valence-electron chi connectivity index (χ4n) is 3.70. The Morgan fingerprint density at radius 2 is 1.72 bits per heavy atom. The topological polar surface area (TPSA) is 49.4 Å². The summed E-state index contributed by atoms with van der Waals surface area (Å²) >= 11 is 13.6. The molecule has 0 heterocycles. The lowest BCUT2D eigenvalue weighted by Crippen LogP contribution is -2.51. The smallest absolute Gasteiger partial charge is 0.243 e. The summed E-state index contributed by atoms with van der Waals surface area (Å²) in [4.78, 5) is 28.3. The Morgan fingerprint density at radius 1 is 1.00 bits per heavy atom. The first kappa shape index (κ1) is 28.0. The summed E-state index contributed by atoms with van der Waals surface area (Å²) in [5.41, 5.74) is 2.14. The van der Waals surface area contributed by atoms with Crippen molar-refractivity contribution >= 4 is 46.8 Å². The molecule has 36 heavy (non-hydrogen) atoms. The van der Waals surface area contributed by atoms with E-state index in [1.165, 1.54) is 22.7 Å². The minimum atomic E-state index is -0.786. The molecule has 8 heteroatoms. The Kier molecular flexibility index (Phi) is 11.1. The van der Waals surface area contributed by atoms with Crippen LogP contribution < -0.4 is 5.32 Å². The standard InChI is InChI=1S/C28H29Cl2FN2O2S/c1-2-14-32-28(35)26(15-20-8-4-3-5-9-20)33(17-21-10-6-7-11-25(21)31)27(34)19-36-18-22-12-13-23(29)16-24(22)30/h3-13,16,26H,2,14-15,17-19H2,1H3,(H,32,35). The van der Waals surface area contributed by atoms with Crippen molar-refractivity contribution in [2.24, 2.45) is 0 Å². The van der Waals surface area contributed by atoms with Gasteiger partial charge in [-0.2, -0.15) is 0 Å². The van der Waals surface area contributed by atoms with Gasteiger partial charge in [-0.3, -0.25) is 9.59 Å². The lowest BCUT2D eigenvalue weighted by molar-refractivity contribution is -0.139. The Labute approximate surface area is 226 Å². The Hall–Kier alpha value is -2.54. The van der Waals surface area contributed by atoms with Crippen molar-refractivity contribution in [1.82, 2.24) is 10.2 Å². The number of hydrogen-bond acceptors (Lipinski definition) is 3. The van der Waals surface area contributed by atoms with Crippen LogP contribution in [0.3, 0.4) is 0 Å². The van der Waals surface area contributed by atoms with E-state index in [-0.39, 0.29) is 24.1 Å². The highest BCUT2D eigenvalue weighted by atomic mass is 35.5. The molecular formula is C28H29Cl2FN2O2S. The summed E-state index contributed by atoms with van der Waals surface area (Å²) in [5, 5.41) is 4.00. The van der Waals surface area contributed by atoms with E-state index in [1.807, 2.05) is 43.3 Å². The number of nitrogens with one attached hydrogen (secondary N) is 1. The summed E-state index contributed by atoms with van der Waals surface area (Å²) in [7, 11) is 0. The maximum atomic E-state index is 14.6. The Bertz CT molecular complexity index is 1160. The van der Waals surface area contributed by atoms with Crippen LogP contribution in [0.5, 0.6) is 0 Å². The van der Waals surface area contributed by atoms with E-state index in [0.29, 0.717) is 34.3 Å². The first-order chi connectivity index (χ1) is 17.4. The summed E-state index contributed by atoms with van der Waals surface area (Å²) in [6, 6.07) is 20.3. The molecule has 190 valence electrons. The van der Waals surface area contributed by atoms with Crippen molar-refractivity contribution in [2.45, 2.75) is 38.1 Å². The van der Waals surface area contributed by atoms with Gasteiger partial charge in [0.05, 0.1) is 5.75 Å². The normalized spacial score (nSPS) is 11.7. The molecule has 1 unspecified atom stereocenters. The average Bonchev–Trinajstić information content (AvgIpc) is 2.87. The predicted octanol–water partition coefficient (Wildman–Crippen LogP) is 6.53. The van der Waals surface area contributed by atoms with Gasteiger partial charge in [-0.05, 0) is 35.7 Å². The molecule has 0 spiro atoms. The van der Waals surface area contributed by atoms with Crippen LogP contribution in [0.4, 0.5) is 4.39 Å². The molecule has 0 aliphatic rings. The molecule has 3 aromatic rings. The van der Waals surface area contributed by atoms with Gasteiger partial charge in [-0.25, -0.2) is 4.39 Å². The molecule has 1 N–H and O–H groups in total. The third-order valence-electron chi connectivity index (χ3n) is 5.62. The molecule has 0 radical (unpaired) electrons. The third kappa shape index (κ3) is 8.26. The quantitative estimate of drug-likeness (QED) is 0.281. The highest BCUT2D eigenvalue weighted by Crippen LogP contribution is 2.25. The second-order valence-electron chi connectivity index (χ2n) is 8.34. The maximum absolute atomic E-state index is 14.6. The number of hydrogen-bond donors (Lipinski definition) is 1. The van der Waals surface area contributed by atoms with E-state index in [1.54, 1.807) is 30.3 Å². The Morgan fingerprint density at radius 3 is 2.42 bits per heavy atom. The van der Waals surface area contributed by atoms with Gasteiger partial charge in [0.15, 0.2) is 0 Å². The average molecular weight is 548 g/mol. The van der Waals surface area contributed by atoms with Gasteiger partial charge < -0.3 is 10.2 Å². The van der Waals surface area contributed by atoms with Crippen LogP contribution in [0, 0.1) is 5.82 Å². The van der Waals surface area contributed by atoms with Crippen molar-refractivity contribution in [1.29, 1.82) is 0 Å². The SMILES string of the molecule is CCCNC(=O)C(Cc1ccccc1)N(Cc1ccccc1F)C(=O)CSCc1ccc(Cl)cc1Cl. The number of thioether (sulfide) groups is 1. The van der Waals surface area contributed by atoms with Gasteiger partial charge in [-0.1, -0.05) is 84.7 Å². The molecule has 4 nitrogen and oxygen atoms in total.